The Balaban J connectivity index is 2.05. The van der Waals surface area contributed by atoms with Crippen LogP contribution in [0.3, 0.4) is 0 Å². The molecule has 0 spiro atoms. The van der Waals surface area contributed by atoms with Gasteiger partial charge >= 0.3 is 0 Å². The third kappa shape index (κ3) is 4.83. The number of hydrogen-bond acceptors (Lipinski definition) is 3. The first-order chi connectivity index (χ1) is 11.3. The number of nitrogens with one attached hydrogen (secondary N) is 1. The Bertz CT molecular complexity index is 832. The lowest BCUT2D eigenvalue weighted by molar-refractivity contribution is 0.0954. The van der Waals surface area contributed by atoms with Crippen LogP contribution in [0.4, 0.5) is 5.69 Å². The fourth-order valence-electron chi connectivity index (χ4n) is 2.43. The van der Waals surface area contributed by atoms with Gasteiger partial charge in [0.25, 0.3) is 5.91 Å². The number of amides is 1. The smallest absolute Gasteiger partial charge is 0.251 e. The molecule has 0 aromatic heterocycles. The average molecular weight is 346 g/mol. The summed E-state index contributed by atoms with van der Waals surface area (Å²) in [5, 5.41) is 2.77. The van der Waals surface area contributed by atoms with Gasteiger partial charge in [0.15, 0.2) is 0 Å². The van der Waals surface area contributed by atoms with Crippen LogP contribution in [-0.4, -0.2) is 33.7 Å². The van der Waals surface area contributed by atoms with Crippen molar-refractivity contribution in [3.63, 3.8) is 0 Å². The monoisotopic (exact) mass is 346 g/mol. The summed E-state index contributed by atoms with van der Waals surface area (Å²) in [7, 11) is -3.42. The van der Waals surface area contributed by atoms with E-state index in [9.17, 15) is 13.2 Å². The standard InChI is InChI=1S/C18H22N2O3S/c1-14-6-4-8-16(12-14)18(21)19-10-11-20(24(3,22)23)17-9-5-7-15(2)13-17/h4-9,12-13H,10-11H2,1-3H3,(H,19,21). The van der Waals surface area contributed by atoms with Crippen molar-refractivity contribution in [2.24, 2.45) is 0 Å². The first kappa shape index (κ1) is 18.0. The highest BCUT2D eigenvalue weighted by molar-refractivity contribution is 7.92. The fraction of sp³-hybridized carbons (Fsp3) is 0.278. The van der Waals surface area contributed by atoms with Gasteiger partial charge in [0.05, 0.1) is 18.5 Å². The van der Waals surface area contributed by atoms with E-state index >= 15 is 0 Å². The van der Waals surface area contributed by atoms with E-state index in [1.807, 2.05) is 44.2 Å². The van der Waals surface area contributed by atoms with Crippen LogP contribution in [0.2, 0.25) is 0 Å². The second-order valence-electron chi connectivity index (χ2n) is 5.80. The van der Waals surface area contributed by atoms with Crippen LogP contribution < -0.4 is 9.62 Å². The Labute approximate surface area is 143 Å². The molecule has 0 aliphatic carbocycles. The van der Waals surface area contributed by atoms with E-state index in [2.05, 4.69) is 5.32 Å². The molecular formula is C18H22N2O3S. The maximum absolute atomic E-state index is 12.1. The number of nitrogens with zero attached hydrogens (tertiary/aromatic N) is 1. The first-order valence-electron chi connectivity index (χ1n) is 7.66. The lowest BCUT2D eigenvalue weighted by atomic mass is 10.1. The van der Waals surface area contributed by atoms with E-state index in [-0.39, 0.29) is 19.0 Å². The van der Waals surface area contributed by atoms with E-state index in [0.29, 0.717) is 11.3 Å². The van der Waals surface area contributed by atoms with Crippen molar-refractivity contribution >= 4 is 21.6 Å². The molecule has 6 heteroatoms. The highest BCUT2D eigenvalue weighted by Crippen LogP contribution is 2.18. The SMILES string of the molecule is Cc1cccc(C(=O)NCCN(c2cccc(C)c2)S(C)(=O)=O)c1. The zero-order chi connectivity index (χ0) is 17.7. The van der Waals surface area contributed by atoms with Gasteiger partial charge in [-0.2, -0.15) is 0 Å². The van der Waals surface area contributed by atoms with Gasteiger partial charge in [-0.05, 0) is 43.7 Å². The van der Waals surface area contributed by atoms with E-state index in [4.69, 9.17) is 0 Å². The molecule has 2 aromatic carbocycles. The molecule has 0 heterocycles. The fourth-order valence-corrected chi connectivity index (χ4v) is 3.35. The number of benzene rings is 2. The average Bonchev–Trinajstić information content (AvgIpc) is 2.50. The van der Waals surface area contributed by atoms with Gasteiger partial charge in [0, 0.05) is 12.1 Å². The number of anilines is 1. The molecule has 1 N–H and O–H groups in total. The molecule has 0 aliphatic rings. The van der Waals surface area contributed by atoms with Crippen LogP contribution in [0, 0.1) is 13.8 Å². The third-order valence-corrected chi connectivity index (χ3v) is 4.76. The summed E-state index contributed by atoms with van der Waals surface area (Å²) >= 11 is 0. The van der Waals surface area contributed by atoms with Crippen molar-refractivity contribution in [1.29, 1.82) is 0 Å². The summed E-state index contributed by atoms with van der Waals surface area (Å²) in [5.74, 6) is -0.212. The molecule has 2 rings (SSSR count). The Kier molecular flexibility index (Phi) is 5.62. The lowest BCUT2D eigenvalue weighted by Crippen LogP contribution is -2.38. The molecule has 2 aromatic rings. The maximum Gasteiger partial charge on any atom is 0.251 e. The van der Waals surface area contributed by atoms with Gasteiger partial charge in [0.1, 0.15) is 0 Å². The van der Waals surface area contributed by atoms with Gasteiger partial charge in [-0.3, -0.25) is 9.10 Å². The van der Waals surface area contributed by atoms with E-state index in [1.54, 1.807) is 18.2 Å². The van der Waals surface area contributed by atoms with Gasteiger partial charge in [0.2, 0.25) is 10.0 Å². The van der Waals surface area contributed by atoms with Crippen molar-refractivity contribution in [3.05, 3.63) is 65.2 Å². The minimum absolute atomic E-state index is 0.180. The Hall–Kier alpha value is -2.34. The highest BCUT2D eigenvalue weighted by atomic mass is 32.2. The largest absolute Gasteiger partial charge is 0.350 e. The maximum atomic E-state index is 12.1. The summed E-state index contributed by atoms with van der Waals surface area (Å²) in [6, 6.07) is 14.5. The zero-order valence-electron chi connectivity index (χ0n) is 14.1. The van der Waals surface area contributed by atoms with Crippen LogP contribution in [0.15, 0.2) is 48.5 Å². The van der Waals surface area contributed by atoms with Gasteiger partial charge in [-0.1, -0.05) is 29.8 Å². The third-order valence-electron chi connectivity index (χ3n) is 3.57. The molecule has 0 aliphatic heterocycles. The zero-order valence-corrected chi connectivity index (χ0v) is 14.9. The minimum atomic E-state index is -3.42. The molecule has 0 bridgehead atoms. The van der Waals surface area contributed by atoms with Crippen molar-refractivity contribution in [3.8, 4) is 0 Å². The Morgan fingerprint density at radius 3 is 2.25 bits per heavy atom. The molecule has 0 radical (unpaired) electrons. The van der Waals surface area contributed by atoms with Gasteiger partial charge < -0.3 is 5.32 Å². The summed E-state index contributed by atoms with van der Waals surface area (Å²) in [5.41, 5.74) is 3.14. The van der Waals surface area contributed by atoms with E-state index < -0.39 is 10.0 Å². The predicted octanol–water partition coefficient (Wildman–Crippen LogP) is 2.50. The topological polar surface area (TPSA) is 66.5 Å². The predicted molar refractivity (Wildman–Crippen MR) is 96.9 cm³/mol. The number of hydrogen-bond donors (Lipinski definition) is 1. The second-order valence-corrected chi connectivity index (χ2v) is 7.71. The van der Waals surface area contributed by atoms with Crippen molar-refractivity contribution < 1.29 is 13.2 Å². The van der Waals surface area contributed by atoms with E-state index in [1.165, 1.54) is 4.31 Å². The molecular weight excluding hydrogens is 324 g/mol. The molecule has 1 amide bonds. The molecule has 0 saturated carbocycles. The van der Waals surface area contributed by atoms with Gasteiger partial charge in [-0.25, -0.2) is 8.42 Å². The van der Waals surface area contributed by atoms with Crippen LogP contribution in [-0.2, 0) is 10.0 Å². The first-order valence-corrected chi connectivity index (χ1v) is 9.51. The molecule has 0 saturated heterocycles. The molecule has 24 heavy (non-hydrogen) atoms. The van der Waals surface area contributed by atoms with Crippen LogP contribution in [0.1, 0.15) is 21.5 Å². The minimum Gasteiger partial charge on any atom is -0.350 e. The summed E-state index contributed by atoms with van der Waals surface area (Å²) in [4.78, 5) is 12.1. The van der Waals surface area contributed by atoms with Crippen LogP contribution >= 0.6 is 0 Å². The quantitative estimate of drug-likeness (QED) is 0.874. The molecule has 128 valence electrons. The molecule has 0 atom stereocenters. The molecule has 0 unspecified atom stereocenters. The van der Waals surface area contributed by atoms with E-state index in [0.717, 1.165) is 17.4 Å². The molecule has 5 nitrogen and oxygen atoms in total. The number of carbonyl (C=O) groups is 1. The number of sulfonamides is 1. The number of rotatable bonds is 6. The Morgan fingerprint density at radius 1 is 1.04 bits per heavy atom. The van der Waals surface area contributed by atoms with Crippen molar-refractivity contribution in [2.75, 3.05) is 23.7 Å². The van der Waals surface area contributed by atoms with Gasteiger partial charge in [-0.15, -0.1) is 0 Å². The summed E-state index contributed by atoms with van der Waals surface area (Å²) < 4.78 is 25.4. The lowest BCUT2D eigenvalue weighted by Gasteiger charge is -2.23. The normalized spacial score (nSPS) is 11.1. The van der Waals surface area contributed by atoms with Crippen molar-refractivity contribution in [1.82, 2.24) is 5.32 Å². The highest BCUT2D eigenvalue weighted by Gasteiger charge is 2.17. The number of aryl methyl sites for hydroxylation is 2. The van der Waals surface area contributed by atoms with Crippen molar-refractivity contribution in [2.45, 2.75) is 13.8 Å². The van der Waals surface area contributed by atoms with Crippen LogP contribution in [0.25, 0.3) is 0 Å². The molecule has 0 fully saturated rings. The van der Waals surface area contributed by atoms with Crippen LogP contribution in [0.5, 0.6) is 0 Å². The second kappa shape index (κ2) is 7.49. The number of carbonyl (C=O) groups excluding carboxylic acids is 1. The summed E-state index contributed by atoms with van der Waals surface area (Å²) in [6.45, 7) is 4.23. The Morgan fingerprint density at radius 2 is 1.67 bits per heavy atom. The summed E-state index contributed by atoms with van der Waals surface area (Å²) in [6.07, 6.45) is 1.16.